The Morgan fingerprint density at radius 2 is 2.00 bits per heavy atom. The third kappa shape index (κ3) is 1.91. The van der Waals surface area contributed by atoms with Crippen molar-refractivity contribution in [2.24, 2.45) is 0 Å². The number of aryl methyl sites for hydroxylation is 2. The van der Waals surface area contributed by atoms with E-state index in [1.807, 2.05) is 12.3 Å². The van der Waals surface area contributed by atoms with Crippen LogP contribution < -0.4 is 0 Å². The first-order valence-electron chi connectivity index (χ1n) is 7.33. The molecule has 2 aromatic carbocycles. The van der Waals surface area contributed by atoms with Crippen molar-refractivity contribution in [3.63, 3.8) is 0 Å². The molecule has 0 aliphatic carbocycles. The highest BCUT2D eigenvalue weighted by molar-refractivity contribution is 5.87. The van der Waals surface area contributed by atoms with Crippen LogP contribution in [0.4, 0.5) is 4.39 Å². The molecule has 0 saturated carbocycles. The van der Waals surface area contributed by atoms with Crippen LogP contribution in [0.5, 0.6) is 0 Å². The molecule has 2 heterocycles. The lowest BCUT2D eigenvalue weighted by atomic mass is 9.98. The van der Waals surface area contributed by atoms with Crippen LogP contribution in [0, 0.1) is 19.7 Å². The smallest absolute Gasteiger partial charge is 0.151 e. The molecule has 0 radical (unpaired) electrons. The molecule has 0 fully saturated rings. The molecule has 0 unspecified atom stereocenters. The number of halogens is 1. The predicted octanol–water partition coefficient (Wildman–Crippen LogP) is 4.39. The minimum absolute atomic E-state index is 0.285. The SMILES string of the molecule is Cc1cc(C)c2[nH]ccc2c1Cc1nc2c(F)cccc2[nH]1. The van der Waals surface area contributed by atoms with Gasteiger partial charge in [-0.25, -0.2) is 9.37 Å². The van der Waals surface area contributed by atoms with Crippen LogP contribution in [0.3, 0.4) is 0 Å². The second kappa shape index (κ2) is 4.70. The lowest BCUT2D eigenvalue weighted by Gasteiger charge is -2.08. The number of para-hydroxylation sites is 1. The molecule has 3 nitrogen and oxygen atoms in total. The summed E-state index contributed by atoms with van der Waals surface area (Å²) in [5.41, 5.74) is 5.99. The zero-order valence-corrected chi connectivity index (χ0v) is 12.5. The summed E-state index contributed by atoms with van der Waals surface area (Å²) in [4.78, 5) is 10.9. The number of aromatic amines is 2. The lowest BCUT2D eigenvalue weighted by Crippen LogP contribution is -1.96. The van der Waals surface area contributed by atoms with E-state index < -0.39 is 0 Å². The van der Waals surface area contributed by atoms with Crippen molar-refractivity contribution in [1.82, 2.24) is 15.0 Å². The van der Waals surface area contributed by atoms with Gasteiger partial charge in [0, 0.05) is 23.5 Å². The molecular formula is C18H16FN3. The summed E-state index contributed by atoms with van der Waals surface area (Å²) in [6.07, 6.45) is 2.62. The molecule has 4 heteroatoms. The van der Waals surface area contributed by atoms with Gasteiger partial charge in [-0.3, -0.25) is 0 Å². The maximum Gasteiger partial charge on any atom is 0.151 e. The molecule has 4 rings (SSSR count). The van der Waals surface area contributed by atoms with Crippen LogP contribution in [0.1, 0.15) is 22.5 Å². The van der Waals surface area contributed by atoms with Gasteiger partial charge in [0.2, 0.25) is 0 Å². The van der Waals surface area contributed by atoms with Crippen molar-refractivity contribution >= 4 is 21.9 Å². The molecule has 0 amide bonds. The van der Waals surface area contributed by atoms with Crippen LogP contribution >= 0.6 is 0 Å². The average molecular weight is 293 g/mol. The van der Waals surface area contributed by atoms with Crippen LogP contribution in [-0.2, 0) is 6.42 Å². The number of benzene rings is 2. The van der Waals surface area contributed by atoms with Gasteiger partial charge in [0.1, 0.15) is 11.3 Å². The number of imidazole rings is 1. The number of H-pyrrole nitrogens is 2. The second-order valence-electron chi connectivity index (χ2n) is 5.75. The Labute approximate surface area is 127 Å². The standard InChI is InChI=1S/C18H16FN3/c1-10-8-11(2)17-12(6-7-20-17)13(10)9-16-21-15-5-3-4-14(19)18(15)22-16/h3-8,20H,9H2,1-2H3,(H,21,22). The third-order valence-corrected chi connectivity index (χ3v) is 4.23. The van der Waals surface area contributed by atoms with Crippen LogP contribution in [0.25, 0.3) is 21.9 Å². The average Bonchev–Trinajstić information content (AvgIpc) is 3.10. The number of aromatic nitrogens is 3. The number of fused-ring (bicyclic) bond motifs is 2. The quantitative estimate of drug-likeness (QED) is 0.565. The third-order valence-electron chi connectivity index (χ3n) is 4.23. The zero-order valence-electron chi connectivity index (χ0n) is 12.5. The van der Waals surface area contributed by atoms with E-state index in [-0.39, 0.29) is 5.82 Å². The molecule has 0 aliphatic rings. The second-order valence-corrected chi connectivity index (χ2v) is 5.75. The van der Waals surface area contributed by atoms with Gasteiger partial charge in [0.05, 0.1) is 5.52 Å². The minimum Gasteiger partial charge on any atom is -0.361 e. The molecule has 0 spiro atoms. The van der Waals surface area contributed by atoms with Crippen LogP contribution in [0.15, 0.2) is 36.5 Å². The Bertz CT molecular complexity index is 994. The highest BCUT2D eigenvalue weighted by Crippen LogP contribution is 2.27. The summed E-state index contributed by atoms with van der Waals surface area (Å²) in [5.74, 6) is 0.502. The monoisotopic (exact) mass is 293 g/mol. The Morgan fingerprint density at radius 1 is 1.14 bits per heavy atom. The van der Waals surface area contributed by atoms with Crippen molar-refractivity contribution in [2.45, 2.75) is 20.3 Å². The van der Waals surface area contributed by atoms with E-state index in [2.05, 4.69) is 40.9 Å². The molecule has 4 aromatic rings. The number of hydrogen-bond acceptors (Lipinski definition) is 1. The topological polar surface area (TPSA) is 44.5 Å². The van der Waals surface area contributed by atoms with Gasteiger partial charge in [0.25, 0.3) is 0 Å². The van der Waals surface area contributed by atoms with Crippen LogP contribution in [-0.4, -0.2) is 15.0 Å². The predicted molar refractivity (Wildman–Crippen MR) is 86.6 cm³/mol. The van der Waals surface area contributed by atoms with Gasteiger partial charge in [-0.05, 0) is 48.7 Å². The fourth-order valence-corrected chi connectivity index (χ4v) is 3.18. The maximum atomic E-state index is 13.8. The maximum absolute atomic E-state index is 13.8. The highest BCUT2D eigenvalue weighted by Gasteiger charge is 2.12. The number of rotatable bonds is 2. The van der Waals surface area contributed by atoms with E-state index in [9.17, 15) is 4.39 Å². The fraction of sp³-hybridized carbons (Fsp3) is 0.167. The summed E-state index contributed by atoms with van der Waals surface area (Å²) in [6.45, 7) is 4.21. The Kier molecular flexibility index (Phi) is 2.79. The van der Waals surface area contributed by atoms with Gasteiger partial charge in [-0.2, -0.15) is 0 Å². The number of hydrogen-bond donors (Lipinski definition) is 2. The molecule has 0 atom stereocenters. The Morgan fingerprint density at radius 3 is 2.82 bits per heavy atom. The number of nitrogens with zero attached hydrogens (tertiary/aromatic N) is 1. The highest BCUT2D eigenvalue weighted by atomic mass is 19.1. The first-order chi connectivity index (χ1) is 10.6. The van der Waals surface area contributed by atoms with Gasteiger partial charge in [0.15, 0.2) is 5.82 Å². The zero-order chi connectivity index (χ0) is 15.3. The summed E-state index contributed by atoms with van der Waals surface area (Å²) in [6, 6.07) is 9.25. The fourth-order valence-electron chi connectivity index (χ4n) is 3.18. The van der Waals surface area contributed by atoms with Crippen molar-refractivity contribution in [1.29, 1.82) is 0 Å². The Hall–Kier alpha value is -2.62. The largest absolute Gasteiger partial charge is 0.361 e. The Balaban J connectivity index is 1.85. The van der Waals surface area contributed by atoms with Gasteiger partial charge >= 0.3 is 0 Å². The first kappa shape index (κ1) is 13.1. The van der Waals surface area contributed by atoms with Crippen molar-refractivity contribution in [3.8, 4) is 0 Å². The normalized spacial score (nSPS) is 11.6. The van der Waals surface area contributed by atoms with Crippen molar-refractivity contribution in [3.05, 3.63) is 64.9 Å². The lowest BCUT2D eigenvalue weighted by molar-refractivity contribution is 0.637. The van der Waals surface area contributed by atoms with Crippen molar-refractivity contribution < 1.29 is 4.39 Å². The summed E-state index contributed by atoms with van der Waals surface area (Å²) in [7, 11) is 0. The summed E-state index contributed by atoms with van der Waals surface area (Å²) >= 11 is 0. The first-order valence-corrected chi connectivity index (χ1v) is 7.33. The molecule has 2 N–H and O–H groups in total. The molecule has 2 aromatic heterocycles. The molecule has 110 valence electrons. The molecule has 0 bridgehead atoms. The van der Waals surface area contributed by atoms with E-state index in [1.165, 1.54) is 28.1 Å². The van der Waals surface area contributed by atoms with Gasteiger partial charge in [-0.1, -0.05) is 12.1 Å². The van der Waals surface area contributed by atoms with Crippen LogP contribution in [0.2, 0.25) is 0 Å². The molecular weight excluding hydrogens is 277 g/mol. The van der Waals surface area contributed by atoms with Gasteiger partial charge < -0.3 is 9.97 Å². The van der Waals surface area contributed by atoms with E-state index in [1.54, 1.807) is 6.07 Å². The van der Waals surface area contributed by atoms with E-state index in [0.29, 0.717) is 11.9 Å². The minimum atomic E-state index is -0.285. The summed E-state index contributed by atoms with van der Waals surface area (Å²) < 4.78 is 13.8. The number of nitrogens with one attached hydrogen (secondary N) is 2. The van der Waals surface area contributed by atoms with E-state index >= 15 is 0 Å². The summed E-state index contributed by atoms with van der Waals surface area (Å²) in [5, 5.41) is 1.21. The molecule has 22 heavy (non-hydrogen) atoms. The van der Waals surface area contributed by atoms with Gasteiger partial charge in [-0.15, -0.1) is 0 Å². The van der Waals surface area contributed by atoms with Crippen molar-refractivity contribution in [2.75, 3.05) is 0 Å². The molecule has 0 aliphatic heterocycles. The molecule has 0 saturated heterocycles. The van der Waals surface area contributed by atoms with E-state index in [0.717, 1.165) is 16.9 Å². The van der Waals surface area contributed by atoms with E-state index in [4.69, 9.17) is 0 Å².